The molecule has 32 heavy (non-hydrogen) atoms. The summed E-state index contributed by atoms with van der Waals surface area (Å²) in [7, 11) is 0. The van der Waals surface area contributed by atoms with Crippen molar-refractivity contribution in [2.45, 2.75) is 36.7 Å². The van der Waals surface area contributed by atoms with Gasteiger partial charge in [-0.2, -0.15) is 0 Å². The number of thioether (sulfide) groups is 1. The number of benzene rings is 2. The predicted molar refractivity (Wildman–Crippen MR) is 125 cm³/mol. The maximum atomic E-state index is 13.6. The van der Waals surface area contributed by atoms with Gasteiger partial charge in [0.25, 0.3) is 0 Å². The van der Waals surface area contributed by atoms with Crippen LogP contribution in [-0.4, -0.2) is 28.5 Å². The van der Waals surface area contributed by atoms with Crippen LogP contribution in [0.2, 0.25) is 0 Å². The minimum atomic E-state index is -0.491. The highest BCUT2D eigenvalue weighted by atomic mass is 32.2. The average molecular weight is 447 g/mol. The molecule has 2 heterocycles. The van der Waals surface area contributed by atoms with Gasteiger partial charge >= 0.3 is 0 Å². The number of hydrogen-bond donors (Lipinski definition) is 1. The van der Waals surface area contributed by atoms with Crippen LogP contribution in [0, 0.1) is 5.92 Å². The van der Waals surface area contributed by atoms with Crippen molar-refractivity contribution in [3.05, 3.63) is 95.9 Å². The molecule has 2 amide bonds. The molecule has 0 bridgehead atoms. The van der Waals surface area contributed by atoms with E-state index < -0.39 is 6.04 Å². The second-order valence-electron chi connectivity index (χ2n) is 8.44. The number of hydrogen-bond acceptors (Lipinski definition) is 4. The standard InChI is InChI=1S/C26H26N2O3S/c29-24(27-22(19-9-5-2-6-10-19)15-18-7-3-1-4-8-18)23-17-32-26(21-13-14-31-16-21)28(23)25(30)20-11-12-20/h1-10,13-14,16,20,22-23,26H,11-12,15,17H2,(H,27,29). The number of carbonyl (C=O) groups is 2. The number of carbonyl (C=O) groups excluding carboxylic acids is 2. The van der Waals surface area contributed by atoms with E-state index in [1.165, 1.54) is 0 Å². The summed E-state index contributed by atoms with van der Waals surface area (Å²) in [5, 5.41) is 3.09. The molecule has 3 unspecified atom stereocenters. The maximum Gasteiger partial charge on any atom is 0.244 e. The van der Waals surface area contributed by atoms with Gasteiger partial charge in [-0.1, -0.05) is 60.7 Å². The SMILES string of the molecule is O=C(NC(Cc1ccccc1)c1ccccc1)C1CSC(c2ccoc2)N1C(=O)C1CC1. The molecule has 1 saturated carbocycles. The van der Waals surface area contributed by atoms with Gasteiger partial charge in [0.1, 0.15) is 11.4 Å². The summed E-state index contributed by atoms with van der Waals surface area (Å²) in [4.78, 5) is 28.5. The first kappa shape index (κ1) is 20.9. The van der Waals surface area contributed by atoms with Crippen LogP contribution < -0.4 is 5.32 Å². The summed E-state index contributed by atoms with van der Waals surface area (Å²) in [5.41, 5.74) is 3.15. The Morgan fingerprint density at radius 2 is 1.75 bits per heavy atom. The largest absolute Gasteiger partial charge is 0.472 e. The van der Waals surface area contributed by atoms with E-state index >= 15 is 0 Å². The van der Waals surface area contributed by atoms with E-state index in [0.717, 1.165) is 29.5 Å². The molecule has 1 aliphatic heterocycles. The zero-order valence-electron chi connectivity index (χ0n) is 17.7. The van der Waals surface area contributed by atoms with E-state index in [-0.39, 0.29) is 29.1 Å². The van der Waals surface area contributed by atoms with E-state index in [2.05, 4.69) is 17.4 Å². The predicted octanol–water partition coefficient (Wildman–Crippen LogP) is 4.73. The first-order valence-corrected chi connectivity index (χ1v) is 12.1. The van der Waals surface area contributed by atoms with Crippen molar-refractivity contribution in [3.8, 4) is 0 Å². The summed E-state index contributed by atoms with van der Waals surface area (Å²) < 4.78 is 5.26. The van der Waals surface area contributed by atoms with Gasteiger partial charge in [-0.3, -0.25) is 9.59 Å². The van der Waals surface area contributed by atoms with Crippen molar-refractivity contribution in [1.82, 2.24) is 10.2 Å². The van der Waals surface area contributed by atoms with Crippen LogP contribution >= 0.6 is 11.8 Å². The fourth-order valence-corrected chi connectivity index (χ4v) is 5.66. The summed E-state index contributed by atoms with van der Waals surface area (Å²) in [6, 6.07) is 21.4. The quantitative estimate of drug-likeness (QED) is 0.570. The smallest absolute Gasteiger partial charge is 0.244 e. The van der Waals surface area contributed by atoms with E-state index in [9.17, 15) is 9.59 Å². The normalized spacial score (nSPS) is 21.3. The molecule has 164 valence electrons. The highest BCUT2D eigenvalue weighted by Gasteiger charge is 2.47. The van der Waals surface area contributed by atoms with Crippen LogP contribution in [0.25, 0.3) is 0 Å². The molecular formula is C26H26N2O3S. The number of rotatable bonds is 7. The Labute approximate surface area is 192 Å². The molecule has 0 spiro atoms. The highest BCUT2D eigenvalue weighted by molar-refractivity contribution is 7.99. The molecule has 6 heteroatoms. The van der Waals surface area contributed by atoms with Gasteiger partial charge in [0, 0.05) is 17.2 Å². The first-order chi connectivity index (χ1) is 15.7. The number of furan rings is 1. The van der Waals surface area contributed by atoms with E-state index in [1.54, 1.807) is 29.2 Å². The molecule has 3 atom stereocenters. The molecule has 5 nitrogen and oxygen atoms in total. The molecule has 0 radical (unpaired) electrons. The summed E-state index contributed by atoms with van der Waals surface area (Å²) in [6.07, 6.45) is 5.81. The molecule has 2 fully saturated rings. The summed E-state index contributed by atoms with van der Waals surface area (Å²) in [6.45, 7) is 0. The lowest BCUT2D eigenvalue weighted by Gasteiger charge is -2.30. The second-order valence-corrected chi connectivity index (χ2v) is 9.55. The Morgan fingerprint density at radius 3 is 2.41 bits per heavy atom. The molecule has 2 aromatic carbocycles. The third kappa shape index (κ3) is 4.46. The van der Waals surface area contributed by atoms with Crippen LogP contribution in [-0.2, 0) is 16.0 Å². The van der Waals surface area contributed by atoms with Crippen molar-refractivity contribution in [2.75, 3.05) is 5.75 Å². The molecule has 1 aliphatic carbocycles. The monoisotopic (exact) mass is 446 g/mol. The van der Waals surface area contributed by atoms with Crippen molar-refractivity contribution in [3.63, 3.8) is 0 Å². The minimum absolute atomic E-state index is 0.0487. The van der Waals surface area contributed by atoms with Gasteiger partial charge in [0.2, 0.25) is 11.8 Å². The molecular weight excluding hydrogens is 420 g/mol. The van der Waals surface area contributed by atoms with Gasteiger partial charge in [0.15, 0.2) is 0 Å². The highest BCUT2D eigenvalue weighted by Crippen LogP contribution is 2.45. The fourth-order valence-electron chi connectivity index (χ4n) is 4.25. The van der Waals surface area contributed by atoms with E-state index in [1.807, 2.05) is 54.6 Å². The fraction of sp³-hybridized carbons (Fsp3) is 0.308. The van der Waals surface area contributed by atoms with E-state index in [0.29, 0.717) is 12.2 Å². The Kier molecular flexibility index (Phi) is 6.04. The zero-order valence-corrected chi connectivity index (χ0v) is 18.5. The van der Waals surface area contributed by atoms with Crippen molar-refractivity contribution in [2.24, 2.45) is 5.92 Å². The van der Waals surface area contributed by atoms with Crippen LogP contribution in [0.1, 0.15) is 40.9 Å². The molecule has 1 saturated heterocycles. The van der Waals surface area contributed by atoms with Gasteiger partial charge < -0.3 is 14.6 Å². The molecule has 3 aromatic rings. The van der Waals surface area contributed by atoms with Crippen LogP contribution in [0.4, 0.5) is 0 Å². The zero-order chi connectivity index (χ0) is 21.9. The lowest BCUT2D eigenvalue weighted by molar-refractivity contribution is -0.141. The van der Waals surface area contributed by atoms with Gasteiger partial charge in [-0.15, -0.1) is 11.8 Å². The third-order valence-corrected chi connectivity index (χ3v) is 7.44. The van der Waals surface area contributed by atoms with Crippen molar-refractivity contribution in [1.29, 1.82) is 0 Å². The Bertz CT molecular complexity index is 1050. The van der Waals surface area contributed by atoms with Crippen LogP contribution in [0.5, 0.6) is 0 Å². The first-order valence-electron chi connectivity index (χ1n) is 11.1. The van der Waals surface area contributed by atoms with Crippen LogP contribution in [0.15, 0.2) is 83.7 Å². The topological polar surface area (TPSA) is 62.6 Å². The Hall–Kier alpha value is -2.99. The molecule has 2 aliphatic rings. The average Bonchev–Trinajstić information content (AvgIpc) is 3.35. The second kappa shape index (κ2) is 9.25. The minimum Gasteiger partial charge on any atom is -0.472 e. The van der Waals surface area contributed by atoms with Crippen molar-refractivity contribution < 1.29 is 14.0 Å². The van der Waals surface area contributed by atoms with Crippen molar-refractivity contribution >= 4 is 23.6 Å². The Balaban J connectivity index is 1.38. The molecule has 1 N–H and O–H groups in total. The number of nitrogens with one attached hydrogen (secondary N) is 1. The van der Waals surface area contributed by atoms with Gasteiger partial charge in [-0.25, -0.2) is 0 Å². The maximum absolute atomic E-state index is 13.6. The third-order valence-electron chi connectivity index (χ3n) is 6.11. The molecule has 1 aromatic heterocycles. The van der Waals surface area contributed by atoms with Gasteiger partial charge in [-0.05, 0) is 36.5 Å². The lowest BCUT2D eigenvalue weighted by atomic mass is 9.98. The molecule has 5 rings (SSSR count). The number of amides is 2. The summed E-state index contributed by atoms with van der Waals surface area (Å²) in [5.74, 6) is 0.614. The number of nitrogens with zero attached hydrogens (tertiary/aromatic N) is 1. The van der Waals surface area contributed by atoms with E-state index in [4.69, 9.17) is 4.42 Å². The van der Waals surface area contributed by atoms with Crippen LogP contribution in [0.3, 0.4) is 0 Å². The lowest BCUT2D eigenvalue weighted by Crippen LogP contribution is -2.49. The summed E-state index contributed by atoms with van der Waals surface area (Å²) >= 11 is 1.63. The Morgan fingerprint density at radius 1 is 1.03 bits per heavy atom. The van der Waals surface area contributed by atoms with Gasteiger partial charge in [0.05, 0.1) is 18.6 Å².